The number of aryl methyl sites for hydroxylation is 2. The Kier molecular flexibility index (Phi) is 6.74. The largest absolute Gasteiger partial charge is 0.396 e. The van der Waals surface area contributed by atoms with Crippen LogP contribution in [-0.2, 0) is 24.4 Å². The molecule has 2 N–H and O–H groups in total. The van der Waals surface area contributed by atoms with Gasteiger partial charge in [-0.05, 0) is 60.7 Å². The van der Waals surface area contributed by atoms with E-state index in [0.717, 1.165) is 47.3 Å². The molecular weight excluding hydrogens is 396 g/mol. The molecule has 3 heterocycles. The lowest BCUT2D eigenvalue weighted by Gasteiger charge is -2.22. The lowest BCUT2D eigenvalue weighted by Crippen LogP contribution is -2.30. The highest BCUT2D eigenvalue weighted by atomic mass is 16.5. The number of ether oxygens (including phenoxy) is 1. The molecule has 0 bridgehead atoms. The summed E-state index contributed by atoms with van der Waals surface area (Å²) in [5.41, 5.74) is 3.66. The monoisotopic (exact) mass is 426 g/mol. The van der Waals surface area contributed by atoms with Crippen LogP contribution < -0.4 is 5.56 Å². The van der Waals surface area contributed by atoms with Crippen LogP contribution in [0.4, 0.5) is 0 Å². The number of hydrogen-bond acceptors (Lipinski definition) is 7. The van der Waals surface area contributed by atoms with E-state index in [9.17, 15) is 9.90 Å². The summed E-state index contributed by atoms with van der Waals surface area (Å²) in [6, 6.07) is 6.08. The fourth-order valence-electron chi connectivity index (χ4n) is 4.14. The van der Waals surface area contributed by atoms with Crippen LogP contribution in [0.5, 0.6) is 0 Å². The molecule has 1 fully saturated rings. The fourth-order valence-corrected chi connectivity index (χ4v) is 4.14. The van der Waals surface area contributed by atoms with Crippen molar-refractivity contribution in [3.63, 3.8) is 0 Å². The lowest BCUT2D eigenvalue weighted by atomic mass is 10.0. The first-order valence-electron chi connectivity index (χ1n) is 10.9. The molecule has 0 saturated carbocycles. The minimum atomic E-state index is -0.0888. The van der Waals surface area contributed by atoms with Crippen LogP contribution in [0.1, 0.15) is 41.8 Å². The summed E-state index contributed by atoms with van der Waals surface area (Å²) >= 11 is 0. The van der Waals surface area contributed by atoms with E-state index in [1.54, 1.807) is 4.68 Å². The number of aliphatic hydroxyl groups excluding tert-OH is 1. The van der Waals surface area contributed by atoms with E-state index >= 15 is 0 Å². The topological polar surface area (TPSA) is 109 Å². The van der Waals surface area contributed by atoms with E-state index in [0.29, 0.717) is 38.2 Å². The molecule has 166 valence electrons. The normalized spacial score (nSPS) is 16.6. The molecule has 1 saturated heterocycles. The van der Waals surface area contributed by atoms with Gasteiger partial charge < -0.3 is 14.8 Å². The van der Waals surface area contributed by atoms with Gasteiger partial charge in [-0.1, -0.05) is 12.1 Å². The summed E-state index contributed by atoms with van der Waals surface area (Å²) in [7, 11) is 0. The van der Waals surface area contributed by atoms with E-state index < -0.39 is 0 Å². The van der Waals surface area contributed by atoms with Crippen molar-refractivity contribution in [2.75, 3.05) is 19.8 Å². The minimum absolute atomic E-state index is 0.0870. The van der Waals surface area contributed by atoms with Gasteiger partial charge in [-0.2, -0.15) is 0 Å². The maximum absolute atomic E-state index is 12.8. The van der Waals surface area contributed by atoms with Crippen LogP contribution in [-0.4, -0.2) is 61.1 Å². The van der Waals surface area contributed by atoms with Crippen molar-refractivity contribution in [1.29, 1.82) is 0 Å². The number of aromatic nitrogens is 5. The van der Waals surface area contributed by atoms with Crippen molar-refractivity contribution in [2.24, 2.45) is 0 Å². The number of pyridine rings is 1. The second-order valence-corrected chi connectivity index (χ2v) is 8.31. The third-order valence-corrected chi connectivity index (χ3v) is 5.92. The number of rotatable bonds is 9. The van der Waals surface area contributed by atoms with E-state index in [-0.39, 0.29) is 18.3 Å². The second-order valence-electron chi connectivity index (χ2n) is 8.31. The zero-order valence-corrected chi connectivity index (χ0v) is 18.2. The number of fused-ring (bicyclic) bond motifs is 1. The first-order valence-corrected chi connectivity index (χ1v) is 10.9. The van der Waals surface area contributed by atoms with Crippen LogP contribution in [0.2, 0.25) is 0 Å². The average molecular weight is 427 g/mol. The van der Waals surface area contributed by atoms with Crippen molar-refractivity contribution in [2.45, 2.75) is 58.8 Å². The molecule has 4 rings (SSSR count). The molecule has 9 nitrogen and oxygen atoms in total. The van der Waals surface area contributed by atoms with E-state index in [2.05, 4.69) is 31.5 Å². The molecule has 1 aliphatic rings. The molecule has 1 aromatic carbocycles. The van der Waals surface area contributed by atoms with E-state index in [4.69, 9.17) is 4.74 Å². The van der Waals surface area contributed by atoms with Gasteiger partial charge in [-0.3, -0.25) is 9.69 Å². The van der Waals surface area contributed by atoms with Crippen molar-refractivity contribution < 1.29 is 9.84 Å². The predicted molar refractivity (Wildman–Crippen MR) is 117 cm³/mol. The molecule has 1 atom stereocenters. The number of nitrogens with one attached hydrogen (secondary N) is 1. The third kappa shape index (κ3) is 5.00. The Labute approximate surface area is 181 Å². The van der Waals surface area contributed by atoms with Gasteiger partial charge in [0.05, 0.1) is 24.7 Å². The second kappa shape index (κ2) is 9.67. The number of hydrogen-bond donors (Lipinski definition) is 2. The van der Waals surface area contributed by atoms with Gasteiger partial charge >= 0.3 is 0 Å². The number of aromatic amines is 1. The minimum Gasteiger partial charge on any atom is -0.396 e. The maximum Gasteiger partial charge on any atom is 0.252 e. The van der Waals surface area contributed by atoms with Crippen LogP contribution >= 0.6 is 0 Å². The smallest absolute Gasteiger partial charge is 0.252 e. The summed E-state index contributed by atoms with van der Waals surface area (Å²) in [6.45, 7) is 7.12. The van der Waals surface area contributed by atoms with Crippen molar-refractivity contribution >= 4 is 10.9 Å². The summed E-state index contributed by atoms with van der Waals surface area (Å²) < 4.78 is 7.51. The highest BCUT2D eigenvalue weighted by molar-refractivity contribution is 5.85. The van der Waals surface area contributed by atoms with Crippen LogP contribution in [0.3, 0.4) is 0 Å². The summed E-state index contributed by atoms with van der Waals surface area (Å²) in [6.07, 6.45) is 2.83. The number of benzene rings is 1. The van der Waals surface area contributed by atoms with Crippen molar-refractivity contribution in [3.05, 3.63) is 51.1 Å². The quantitative estimate of drug-likeness (QED) is 0.536. The van der Waals surface area contributed by atoms with Gasteiger partial charge in [0.15, 0.2) is 5.82 Å². The number of aliphatic hydroxyl groups is 1. The van der Waals surface area contributed by atoms with Gasteiger partial charge in [0.1, 0.15) is 0 Å². The molecule has 9 heteroatoms. The Morgan fingerprint density at radius 3 is 2.90 bits per heavy atom. The SMILES string of the molecule is Cc1ccc(C)c2[nH]c(=O)c(CN(CCCO)Cc3nnnn3CC3CCCO3)cc12. The molecule has 2 aromatic heterocycles. The Morgan fingerprint density at radius 1 is 1.29 bits per heavy atom. The standard InChI is InChI=1S/C22H30N6O3/c1-15-6-7-16(2)21-19(15)11-17(22(30)23-21)12-27(8-4-9-29)14-20-24-25-26-28(20)13-18-5-3-10-31-18/h6-7,11,18,29H,3-5,8-10,12-14H2,1-2H3,(H,23,30). The molecule has 0 spiro atoms. The molecular formula is C22H30N6O3. The molecule has 0 radical (unpaired) electrons. The molecule has 31 heavy (non-hydrogen) atoms. The highest BCUT2D eigenvalue weighted by Gasteiger charge is 2.20. The summed E-state index contributed by atoms with van der Waals surface area (Å²) in [5.74, 6) is 0.734. The van der Waals surface area contributed by atoms with Gasteiger partial charge in [-0.15, -0.1) is 5.10 Å². The lowest BCUT2D eigenvalue weighted by molar-refractivity contribution is 0.0915. The van der Waals surface area contributed by atoms with Gasteiger partial charge in [0.25, 0.3) is 5.56 Å². The average Bonchev–Trinajstić information content (AvgIpc) is 3.43. The number of tetrazole rings is 1. The molecule has 1 aliphatic heterocycles. The molecule has 0 aliphatic carbocycles. The van der Waals surface area contributed by atoms with E-state index in [1.165, 1.54) is 0 Å². The van der Waals surface area contributed by atoms with Crippen molar-refractivity contribution in [1.82, 2.24) is 30.1 Å². The first kappa shape index (κ1) is 21.6. The van der Waals surface area contributed by atoms with Crippen LogP contribution in [0.15, 0.2) is 23.0 Å². The Bertz CT molecular complexity index is 1090. The molecule has 1 unspecified atom stereocenters. The Hall–Kier alpha value is -2.62. The van der Waals surface area contributed by atoms with Crippen LogP contribution in [0, 0.1) is 13.8 Å². The third-order valence-electron chi connectivity index (χ3n) is 5.92. The maximum atomic E-state index is 12.8. The Balaban J connectivity index is 1.57. The van der Waals surface area contributed by atoms with Crippen LogP contribution in [0.25, 0.3) is 10.9 Å². The van der Waals surface area contributed by atoms with E-state index in [1.807, 2.05) is 26.0 Å². The summed E-state index contributed by atoms with van der Waals surface area (Å²) in [4.78, 5) is 18.0. The molecule has 3 aromatic rings. The van der Waals surface area contributed by atoms with Gasteiger partial charge in [-0.25, -0.2) is 4.68 Å². The highest BCUT2D eigenvalue weighted by Crippen LogP contribution is 2.20. The zero-order chi connectivity index (χ0) is 21.8. The summed E-state index contributed by atoms with van der Waals surface area (Å²) in [5, 5.41) is 22.6. The number of nitrogens with zero attached hydrogens (tertiary/aromatic N) is 5. The predicted octanol–water partition coefficient (Wildman–Crippen LogP) is 1.70. The van der Waals surface area contributed by atoms with Gasteiger partial charge in [0, 0.05) is 37.3 Å². The Morgan fingerprint density at radius 2 is 2.13 bits per heavy atom. The van der Waals surface area contributed by atoms with Crippen molar-refractivity contribution in [3.8, 4) is 0 Å². The van der Waals surface area contributed by atoms with Gasteiger partial charge in [0.2, 0.25) is 0 Å². The number of H-pyrrole nitrogens is 1. The first-order chi connectivity index (χ1) is 15.0. The molecule has 0 amide bonds. The fraction of sp³-hybridized carbons (Fsp3) is 0.545. The zero-order valence-electron chi connectivity index (χ0n) is 18.2.